The average Bonchev–Trinajstić information content (AvgIpc) is 2.80. The second-order valence-electron chi connectivity index (χ2n) is 9.17. The minimum Gasteiger partial charge on any atom is -0.497 e. The third kappa shape index (κ3) is 7.71. The highest BCUT2D eigenvalue weighted by molar-refractivity contribution is 7.92. The Morgan fingerprint density at radius 2 is 1.66 bits per heavy atom. The molecule has 0 aliphatic rings. The van der Waals surface area contributed by atoms with Crippen molar-refractivity contribution in [3.8, 4) is 5.75 Å². The van der Waals surface area contributed by atoms with Gasteiger partial charge in [0.2, 0.25) is 21.8 Å². The molecule has 0 radical (unpaired) electrons. The van der Waals surface area contributed by atoms with Gasteiger partial charge in [-0.2, -0.15) is 0 Å². The van der Waals surface area contributed by atoms with Crippen LogP contribution < -0.4 is 14.4 Å². The average molecular weight is 504 g/mol. The van der Waals surface area contributed by atoms with E-state index in [1.54, 1.807) is 38.3 Å². The first-order valence-corrected chi connectivity index (χ1v) is 13.4. The van der Waals surface area contributed by atoms with Crippen molar-refractivity contribution in [3.05, 3.63) is 59.2 Å². The third-order valence-corrected chi connectivity index (χ3v) is 7.01. The molecule has 1 atom stereocenters. The molecule has 9 heteroatoms. The molecule has 8 nitrogen and oxygen atoms in total. The molecule has 0 aromatic heterocycles. The van der Waals surface area contributed by atoms with E-state index < -0.39 is 28.5 Å². The highest BCUT2D eigenvalue weighted by Crippen LogP contribution is 2.25. The van der Waals surface area contributed by atoms with E-state index in [-0.39, 0.29) is 18.4 Å². The summed E-state index contributed by atoms with van der Waals surface area (Å²) in [6.45, 7) is 9.54. The van der Waals surface area contributed by atoms with Gasteiger partial charge in [0.05, 0.1) is 19.1 Å². The van der Waals surface area contributed by atoms with Crippen LogP contribution in [0, 0.1) is 19.8 Å². The lowest BCUT2D eigenvalue weighted by atomic mass is 10.1. The molecule has 2 rings (SSSR count). The number of rotatable bonds is 11. The summed E-state index contributed by atoms with van der Waals surface area (Å²) in [5, 5.41) is 2.87. The van der Waals surface area contributed by atoms with Gasteiger partial charge in [-0.3, -0.25) is 13.9 Å². The number of methoxy groups -OCH3 is 1. The van der Waals surface area contributed by atoms with Gasteiger partial charge >= 0.3 is 0 Å². The molecule has 0 aliphatic heterocycles. The van der Waals surface area contributed by atoms with Gasteiger partial charge in [-0.05, 0) is 61.6 Å². The standard InChI is InChI=1S/C26H37N3O5S/c1-18(2)15-27-26(31)21(5)28(16-22-11-13-23(34-6)14-12-22)25(30)17-29(35(7,32)33)24-10-8-9-19(3)20(24)4/h8-14,18,21H,15-17H2,1-7H3,(H,27,31)/t21-/m1/s1. The van der Waals surface area contributed by atoms with Crippen molar-refractivity contribution >= 4 is 27.5 Å². The number of carbonyl (C=O) groups excluding carboxylic acids is 2. The molecule has 2 aromatic rings. The Balaban J connectivity index is 2.40. The van der Waals surface area contributed by atoms with Crippen LogP contribution in [-0.2, 0) is 26.2 Å². The molecule has 192 valence electrons. The number of benzene rings is 2. The molecule has 0 saturated heterocycles. The molecule has 0 heterocycles. The Hall–Kier alpha value is -3.07. The minimum atomic E-state index is -3.77. The monoisotopic (exact) mass is 503 g/mol. The Bertz CT molecular complexity index is 1130. The maximum absolute atomic E-state index is 13.6. The molecular formula is C26H37N3O5S. The van der Waals surface area contributed by atoms with Crippen molar-refractivity contribution in [1.29, 1.82) is 0 Å². The van der Waals surface area contributed by atoms with E-state index >= 15 is 0 Å². The van der Waals surface area contributed by atoms with Crippen LogP contribution in [0.1, 0.15) is 37.5 Å². The third-order valence-electron chi connectivity index (χ3n) is 5.89. The van der Waals surface area contributed by atoms with Crippen LogP contribution in [0.15, 0.2) is 42.5 Å². The summed E-state index contributed by atoms with van der Waals surface area (Å²) in [4.78, 5) is 27.9. The summed E-state index contributed by atoms with van der Waals surface area (Å²) in [7, 11) is -2.20. The first kappa shape index (κ1) is 28.2. The smallest absolute Gasteiger partial charge is 0.244 e. The number of hydrogen-bond acceptors (Lipinski definition) is 5. The molecule has 0 fully saturated rings. The Kier molecular flexibility index (Phi) is 9.71. The van der Waals surface area contributed by atoms with E-state index in [0.717, 1.165) is 27.3 Å². The molecule has 2 amide bonds. The molecular weight excluding hydrogens is 466 g/mol. The first-order valence-electron chi connectivity index (χ1n) is 11.6. The summed E-state index contributed by atoms with van der Waals surface area (Å²) in [6.07, 6.45) is 1.08. The van der Waals surface area contributed by atoms with Gasteiger partial charge in [-0.15, -0.1) is 0 Å². The van der Waals surface area contributed by atoms with Crippen LogP contribution in [0.5, 0.6) is 5.75 Å². The minimum absolute atomic E-state index is 0.142. The highest BCUT2D eigenvalue weighted by Gasteiger charge is 2.30. The largest absolute Gasteiger partial charge is 0.497 e. The lowest BCUT2D eigenvalue weighted by Crippen LogP contribution is -2.51. The highest BCUT2D eigenvalue weighted by atomic mass is 32.2. The lowest BCUT2D eigenvalue weighted by Gasteiger charge is -2.32. The van der Waals surface area contributed by atoms with E-state index in [0.29, 0.717) is 18.0 Å². The number of nitrogens with one attached hydrogen (secondary N) is 1. The number of anilines is 1. The number of hydrogen-bond donors (Lipinski definition) is 1. The zero-order valence-electron chi connectivity index (χ0n) is 21.7. The number of aryl methyl sites for hydroxylation is 1. The van der Waals surface area contributed by atoms with Gasteiger partial charge in [0.15, 0.2) is 0 Å². The SMILES string of the molecule is COc1ccc(CN(C(=O)CN(c2cccc(C)c2C)S(C)(=O)=O)[C@H](C)C(=O)NCC(C)C)cc1. The van der Waals surface area contributed by atoms with E-state index in [1.165, 1.54) is 4.90 Å². The normalized spacial score (nSPS) is 12.2. The zero-order chi connectivity index (χ0) is 26.3. The van der Waals surface area contributed by atoms with E-state index in [2.05, 4.69) is 5.32 Å². The number of amides is 2. The van der Waals surface area contributed by atoms with Gasteiger partial charge in [0.1, 0.15) is 18.3 Å². The van der Waals surface area contributed by atoms with Crippen LogP contribution in [-0.4, -0.2) is 57.6 Å². The van der Waals surface area contributed by atoms with Gasteiger partial charge < -0.3 is 15.0 Å². The van der Waals surface area contributed by atoms with Gasteiger partial charge in [0.25, 0.3) is 0 Å². The number of carbonyl (C=O) groups is 2. The maximum atomic E-state index is 13.6. The Labute approximate surface area is 209 Å². The predicted molar refractivity (Wildman–Crippen MR) is 139 cm³/mol. The van der Waals surface area contributed by atoms with E-state index in [4.69, 9.17) is 4.74 Å². The van der Waals surface area contributed by atoms with E-state index in [1.807, 2.05) is 45.9 Å². The fourth-order valence-corrected chi connectivity index (χ4v) is 4.46. The molecule has 1 N–H and O–H groups in total. The van der Waals surface area contributed by atoms with Crippen molar-refractivity contribution in [2.45, 2.75) is 47.2 Å². The number of sulfonamides is 1. The van der Waals surface area contributed by atoms with Gasteiger partial charge in [0, 0.05) is 13.1 Å². The second kappa shape index (κ2) is 12.1. The molecule has 35 heavy (non-hydrogen) atoms. The zero-order valence-corrected chi connectivity index (χ0v) is 22.5. The van der Waals surface area contributed by atoms with Crippen molar-refractivity contribution in [3.63, 3.8) is 0 Å². The van der Waals surface area contributed by atoms with Crippen LogP contribution >= 0.6 is 0 Å². The molecule has 0 unspecified atom stereocenters. The van der Waals surface area contributed by atoms with Gasteiger partial charge in [-0.25, -0.2) is 8.42 Å². The number of ether oxygens (including phenoxy) is 1. The van der Waals surface area contributed by atoms with Crippen molar-refractivity contribution < 1.29 is 22.7 Å². The summed E-state index contributed by atoms with van der Waals surface area (Å²) < 4.78 is 31.8. The van der Waals surface area contributed by atoms with Crippen molar-refractivity contribution in [2.24, 2.45) is 5.92 Å². The fraction of sp³-hybridized carbons (Fsp3) is 0.462. The number of nitrogens with zero attached hydrogens (tertiary/aromatic N) is 2. The van der Waals surface area contributed by atoms with E-state index in [9.17, 15) is 18.0 Å². The second-order valence-corrected chi connectivity index (χ2v) is 11.1. The molecule has 0 aliphatic carbocycles. The van der Waals surface area contributed by atoms with Crippen molar-refractivity contribution in [1.82, 2.24) is 10.2 Å². The van der Waals surface area contributed by atoms with Crippen LogP contribution in [0.2, 0.25) is 0 Å². The lowest BCUT2D eigenvalue weighted by molar-refractivity contribution is -0.139. The summed E-state index contributed by atoms with van der Waals surface area (Å²) in [5.41, 5.74) is 2.93. The van der Waals surface area contributed by atoms with Crippen LogP contribution in [0.3, 0.4) is 0 Å². The molecule has 0 spiro atoms. The van der Waals surface area contributed by atoms with Crippen LogP contribution in [0.4, 0.5) is 5.69 Å². The first-order chi connectivity index (χ1) is 16.3. The molecule has 0 saturated carbocycles. The summed E-state index contributed by atoms with van der Waals surface area (Å²) in [5.74, 6) is 0.159. The molecule has 0 bridgehead atoms. The summed E-state index contributed by atoms with van der Waals surface area (Å²) in [6, 6.07) is 11.7. The quantitative estimate of drug-likeness (QED) is 0.508. The Morgan fingerprint density at radius 3 is 2.20 bits per heavy atom. The molecule has 2 aromatic carbocycles. The van der Waals surface area contributed by atoms with Crippen LogP contribution in [0.25, 0.3) is 0 Å². The van der Waals surface area contributed by atoms with Crippen molar-refractivity contribution in [2.75, 3.05) is 30.8 Å². The topological polar surface area (TPSA) is 96.0 Å². The predicted octanol–water partition coefficient (Wildman–Crippen LogP) is 3.27. The van der Waals surface area contributed by atoms with Gasteiger partial charge in [-0.1, -0.05) is 38.1 Å². The fourth-order valence-electron chi connectivity index (χ4n) is 3.56. The summed E-state index contributed by atoms with van der Waals surface area (Å²) >= 11 is 0. The maximum Gasteiger partial charge on any atom is 0.244 e. The Morgan fingerprint density at radius 1 is 1.03 bits per heavy atom.